The molecule has 0 fully saturated rings. The molecule has 0 aliphatic heterocycles. The average molecular weight is 274 g/mol. The predicted molar refractivity (Wildman–Crippen MR) is 68.2 cm³/mol. The van der Waals surface area contributed by atoms with Crippen LogP contribution in [0.25, 0.3) is 0 Å². The van der Waals surface area contributed by atoms with Crippen molar-refractivity contribution in [2.45, 2.75) is 32.5 Å². The van der Waals surface area contributed by atoms with Gasteiger partial charge in [-0.3, -0.25) is 4.79 Å². The molecule has 19 heavy (non-hydrogen) atoms. The van der Waals surface area contributed by atoms with Crippen LogP contribution in [0.4, 0.5) is 18.9 Å². The van der Waals surface area contributed by atoms with Gasteiger partial charge in [-0.15, -0.1) is 0 Å². The van der Waals surface area contributed by atoms with Crippen molar-refractivity contribution in [3.63, 3.8) is 0 Å². The number of halogens is 3. The molecule has 0 atom stereocenters. The van der Waals surface area contributed by atoms with Crippen LogP contribution in [0.5, 0.6) is 0 Å². The molecule has 0 saturated carbocycles. The Bertz CT molecular complexity index is 430. The molecule has 0 bridgehead atoms. The Morgan fingerprint density at radius 3 is 2.47 bits per heavy atom. The Hall–Kier alpha value is -1.72. The first-order valence-electron chi connectivity index (χ1n) is 6.00. The van der Waals surface area contributed by atoms with Gasteiger partial charge in [0.2, 0.25) is 0 Å². The van der Waals surface area contributed by atoms with E-state index < -0.39 is 25.0 Å². The number of carbonyl (C=O) groups is 1. The van der Waals surface area contributed by atoms with Gasteiger partial charge in [0.15, 0.2) is 0 Å². The maximum atomic E-state index is 12.0. The summed E-state index contributed by atoms with van der Waals surface area (Å²) in [5.74, 6) is -0.506. The number of alkyl halides is 3. The standard InChI is InChI=1S/C13H17F3N2O/c1-9(2)18-11-6-4-3-5-10(11)12(19)17-8-7-13(14,15)16/h3-6,9,18H,7-8H2,1-2H3,(H,17,19). The zero-order valence-corrected chi connectivity index (χ0v) is 10.8. The molecule has 0 radical (unpaired) electrons. The highest BCUT2D eigenvalue weighted by atomic mass is 19.4. The zero-order valence-electron chi connectivity index (χ0n) is 10.8. The monoisotopic (exact) mass is 274 g/mol. The third-order valence-electron chi connectivity index (χ3n) is 2.31. The van der Waals surface area contributed by atoms with E-state index in [4.69, 9.17) is 0 Å². The van der Waals surface area contributed by atoms with Crippen molar-refractivity contribution in [1.29, 1.82) is 0 Å². The Labute approximate surface area is 110 Å². The van der Waals surface area contributed by atoms with E-state index in [1.807, 2.05) is 13.8 Å². The summed E-state index contributed by atoms with van der Waals surface area (Å²) < 4.78 is 36.0. The van der Waals surface area contributed by atoms with E-state index in [1.54, 1.807) is 24.3 Å². The Morgan fingerprint density at radius 1 is 1.26 bits per heavy atom. The lowest BCUT2D eigenvalue weighted by Gasteiger charge is -2.14. The summed E-state index contributed by atoms with van der Waals surface area (Å²) in [6, 6.07) is 6.86. The maximum Gasteiger partial charge on any atom is 0.390 e. The van der Waals surface area contributed by atoms with Gasteiger partial charge in [-0.1, -0.05) is 12.1 Å². The van der Waals surface area contributed by atoms with E-state index in [2.05, 4.69) is 10.6 Å². The van der Waals surface area contributed by atoms with Crippen LogP contribution in [0.3, 0.4) is 0 Å². The minimum Gasteiger partial charge on any atom is -0.382 e. The van der Waals surface area contributed by atoms with Crippen LogP contribution in [0.2, 0.25) is 0 Å². The van der Waals surface area contributed by atoms with Crippen molar-refractivity contribution in [3.05, 3.63) is 29.8 Å². The molecule has 3 nitrogen and oxygen atoms in total. The SMILES string of the molecule is CC(C)Nc1ccccc1C(=O)NCCC(F)(F)F. The highest BCUT2D eigenvalue weighted by Crippen LogP contribution is 2.19. The average Bonchev–Trinajstić information content (AvgIpc) is 2.27. The van der Waals surface area contributed by atoms with Gasteiger partial charge >= 0.3 is 6.18 Å². The van der Waals surface area contributed by atoms with Gasteiger partial charge in [0.1, 0.15) is 0 Å². The Balaban J connectivity index is 2.66. The normalized spacial score (nSPS) is 11.5. The lowest BCUT2D eigenvalue weighted by atomic mass is 10.1. The van der Waals surface area contributed by atoms with Crippen molar-refractivity contribution in [3.8, 4) is 0 Å². The Kier molecular flexibility index (Phi) is 5.20. The number of para-hydroxylation sites is 1. The van der Waals surface area contributed by atoms with Gasteiger partial charge in [-0.2, -0.15) is 13.2 Å². The van der Waals surface area contributed by atoms with Gasteiger partial charge < -0.3 is 10.6 Å². The van der Waals surface area contributed by atoms with E-state index in [1.165, 1.54) is 0 Å². The van der Waals surface area contributed by atoms with E-state index in [9.17, 15) is 18.0 Å². The molecule has 1 rings (SSSR count). The number of carbonyl (C=O) groups excluding carboxylic acids is 1. The summed E-state index contributed by atoms with van der Waals surface area (Å²) in [4.78, 5) is 11.8. The highest BCUT2D eigenvalue weighted by molar-refractivity contribution is 5.99. The number of nitrogens with one attached hydrogen (secondary N) is 2. The second kappa shape index (κ2) is 6.45. The quantitative estimate of drug-likeness (QED) is 0.865. The Morgan fingerprint density at radius 2 is 1.89 bits per heavy atom. The molecule has 0 aliphatic carbocycles. The number of rotatable bonds is 5. The van der Waals surface area contributed by atoms with Crippen molar-refractivity contribution >= 4 is 11.6 Å². The molecule has 0 aliphatic rings. The van der Waals surface area contributed by atoms with Crippen LogP contribution in [-0.2, 0) is 0 Å². The van der Waals surface area contributed by atoms with Gasteiger partial charge in [0, 0.05) is 18.3 Å². The summed E-state index contributed by atoms with van der Waals surface area (Å²) in [6.07, 6.45) is -5.29. The molecule has 0 spiro atoms. The second-order valence-corrected chi connectivity index (χ2v) is 4.47. The van der Waals surface area contributed by atoms with Gasteiger partial charge in [-0.25, -0.2) is 0 Å². The maximum absolute atomic E-state index is 12.0. The molecule has 6 heteroatoms. The lowest BCUT2D eigenvalue weighted by molar-refractivity contribution is -0.132. The van der Waals surface area contributed by atoms with Crippen molar-refractivity contribution in [1.82, 2.24) is 5.32 Å². The zero-order chi connectivity index (χ0) is 14.5. The van der Waals surface area contributed by atoms with Gasteiger partial charge in [0.25, 0.3) is 5.91 Å². The van der Waals surface area contributed by atoms with Crippen LogP contribution in [0.15, 0.2) is 24.3 Å². The minimum absolute atomic E-state index is 0.129. The van der Waals surface area contributed by atoms with Crippen molar-refractivity contribution < 1.29 is 18.0 Å². The molecule has 0 unspecified atom stereocenters. The summed E-state index contributed by atoms with van der Waals surface area (Å²) in [5.41, 5.74) is 0.959. The van der Waals surface area contributed by atoms with Crippen LogP contribution in [-0.4, -0.2) is 24.7 Å². The number of hydrogen-bond acceptors (Lipinski definition) is 2. The molecule has 0 saturated heterocycles. The van der Waals surface area contributed by atoms with Crippen LogP contribution >= 0.6 is 0 Å². The summed E-state index contributed by atoms with van der Waals surface area (Å²) in [5, 5.41) is 5.35. The largest absolute Gasteiger partial charge is 0.390 e. The molecule has 106 valence electrons. The smallest absolute Gasteiger partial charge is 0.382 e. The fourth-order valence-corrected chi connectivity index (χ4v) is 1.53. The lowest BCUT2D eigenvalue weighted by Crippen LogP contribution is -2.28. The first-order chi connectivity index (χ1) is 8.79. The molecule has 0 aromatic heterocycles. The molecule has 0 heterocycles. The van der Waals surface area contributed by atoms with E-state index in [0.717, 1.165) is 0 Å². The van der Waals surface area contributed by atoms with Crippen LogP contribution in [0, 0.1) is 0 Å². The topological polar surface area (TPSA) is 41.1 Å². The summed E-state index contributed by atoms with van der Waals surface area (Å²) in [7, 11) is 0. The third-order valence-corrected chi connectivity index (χ3v) is 2.31. The predicted octanol–water partition coefficient (Wildman–Crippen LogP) is 3.19. The molecule has 2 N–H and O–H groups in total. The molecule has 1 aromatic carbocycles. The third kappa shape index (κ3) is 5.63. The fourth-order valence-electron chi connectivity index (χ4n) is 1.53. The molecule has 1 aromatic rings. The van der Waals surface area contributed by atoms with Gasteiger partial charge in [0.05, 0.1) is 12.0 Å². The summed E-state index contributed by atoms with van der Waals surface area (Å²) in [6.45, 7) is 3.41. The summed E-state index contributed by atoms with van der Waals surface area (Å²) >= 11 is 0. The first kappa shape index (κ1) is 15.3. The first-order valence-corrected chi connectivity index (χ1v) is 6.00. The van der Waals surface area contributed by atoms with Crippen LogP contribution in [0.1, 0.15) is 30.6 Å². The second-order valence-electron chi connectivity index (χ2n) is 4.47. The van der Waals surface area contributed by atoms with Crippen molar-refractivity contribution in [2.24, 2.45) is 0 Å². The molecule has 1 amide bonds. The van der Waals surface area contributed by atoms with Crippen LogP contribution < -0.4 is 10.6 Å². The molecular formula is C13H17F3N2O. The number of hydrogen-bond donors (Lipinski definition) is 2. The van der Waals surface area contributed by atoms with E-state index in [-0.39, 0.29) is 6.04 Å². The van der Waals surface area contributed by atoms with E-state index in [0.29, 0.717) is 11.3 Å². The number of amides is 1. The fraction of sp³-hybridized carbons (Fsp3) is 0.462. The van der Waals surface area contributed by atoms with Crippen molar-refractivity contribution in [2.75, 3.05) is 11.9 Å². The highest BCUT2D eigenvalue weighted by Gasteiger charge is 2.26. The minimum atomic E-state index is -4.26. The number of anilines is 1. The van der Waals surface area contributed by atoms with Gasteiger partial charge in [-0.05, 0) is 26.0 Å². The number of benzene rings is 1. The van der Waals surface area contributed by atoms with E-state index >= 15 is 0 Å². The molecular weight excluding hydrogens is 257 g/mol.